The molecule has 0 aliphatic rings. The van der Waals surface area contributed by atoms with Crippen molar-refractivity contribution in [1.29, 1.82) is 0 Å². The summed E-state index contributed by atoms with van der Waals surface area (Å²) in [6.45, 7) is 14.6. The number of hydrogen-bond acceptors (Lipinski definition) is 1. The van der Waals surface area contributed by atoms with Gasteiger partial charge in [0, 0.05) is 11.1 Å². The number of hydrogen-bond donors (Lipinski definition) is 1. The van der Waals surface area contributed by atoms with E-state index >= 15 is 0 Å². The summed E-state index contributed by atoms with van der Waals surface area (Å²) in [4.78, 5) is 0. The standard InChI is InChI=1S/C21H29N/c1-8-9-19(21(6,7)22)13-10-16(2)17-11-14-18(15-12-17)20(3,4)5/h10-15H,22H2,1-7H3/b16-10+,19-13+. The summed E-state index contributed by atoms with van der Waals surface area (Å²) in [5, 5.41) is 0. The molecule has 0 aromatic heterocycles. The first-order valence-electron chi connectivity index (χ1n) is 7.77. The number of nitrogens with two attached hydrogens (primary N) is 1. The molecule has 0 radical (unpaired) electrons. The highest BCUT2D eigenvalue weighted by atomic mass is 14.7. The van der Waals surface area contributed by atoms with Crippen molar-refractivity contribution in [2.45, 2.75) is 59.4 Å². The lowest BCUT2D eigenvalue weighted by Crippen LogP contribution is -2.33. The second kappa shape index (κ2) is 6.99. The fourth-order valence-electron chi connectivity index (χ4n) is 2.09. The van der Waals surface area contributed by atoms with Crippen LogP contribution in [0.1, 0.15) is 59.6 Å². The molecule has 2 N–H and O–H groups in total. The van der Waals surface area contributed by atoms with Gasteiger partial charge < -0.3 is 5.73 Å². The Morgan fingerprint density at radius 1 is 1.00 bits per heavy atom. The van der Waals surface area contributed by atoms with Crippen LogP contribution in [0.15, 0.2) is 42.0 Å². The van der Waals surface area contributed by atoms with Gasteiger partial charge in [-0.25, -0.2) is 0 Å². The Kier molecular flexibility index (Phi) is 5.80. The first-order valence-corrected chi connectivity index (χ1v) is 7.77. The van der Waals surface area contributed by atoms with Crippen LogP contribution in [0.3, 0.4) is 0 Å². The minimum absolute atomic E-state index is 0.184. The third-order valence-electron chi connectivity index (χ3n) is 3.66. The molecule has 0 aliphatic heterocycles. The zero-order chi connectivity index (χ0) is 17.0. The molecule has 118 valence electrons. The molecule has 1 nitrogen and oxygen atoms in total. The molecule has 0 aliphatic carbocycles. The highest BCUT2D eigenvalue weighted by Gasteiger charge is 2.15. The molecular weight excluding hydrogens is 266 g/mol. The van der Waals surface area contributed by atoms with Gasteiger partial charge in [-0.15, -0.1) is 5.92 Å². The molecule has 22 heavy (non-hydrogen) atoms. The largest absolute Gasteiger partial charge is 0.321 e. The van der Waals surface area contributed by atoms with Gasteiger partial charge in [-0.05, 0) is 55.9 Å². The smallest absolute Gasteiger partial charge is 0.0432 e. The minimum Gasteiger partial charge on any atom is -0.321 e. The van der Waals surface area contributed by atoms with Gasteiger partial charge in [0.2, 0.25) is 0 Å². The van der Waals surface area contributed by atoms with Crippen LogP contribution in [-0.4, -0.2) is 5.54 Å². The highest BCUT2D eigenvalue weighted by molar-refractivity contribution is 5.66. The van der Waals surface area contributed by atoms with E-state index < -0.39 is 5.54 Å². The third kappa shape index (κ3) is 5.20. The second-order valence-corrected chi connectivity index (χ2v) is 7.35. The van der Waals surface area contributed by atoms with Crippen molar-refractivity contribution in [2.75, 3.05) is 0 Å². The van der Waals surface area contributed by atoms with Crippen molar-refractivity contribution in [3.63, 3.8) is 0 Å². The van der Waals surface area contributed by atoms with Crippen LogP contribution >= 0.6 is 0 Å². The van der Waals surface area contributed by atoms with Gasteiger partial charge in [0.1, 0.15) is 0 Å². The fourth-order valence-corrected chi connectivity index (χ4v) is 2.09. The summed E-state index contributed by atoms with van der Waals surface area (Å²) in [5.74, 6) is 6.03. The molecule has 0 amide bonds. The summed E-state index contributed by atoms with van der Waals surface area (Å²) >= 11 is 0. The van der Waals surface area contributed by atoms with Crippen LogP contribution in [-0.2, 0) is 5.41 Å². The first kappa shape index (κ1) is 18.3. The van der Waals surface area contributed by atoms with Gasteiger partial charge >= 0.3 is 0 Å². The molecule has 0 spiro atoms. The monoisotopic (exact) mass is 295 g/mol. The van der Waals surface area contributed by atoms with E-state index in [1.54, 1.807) is 0 Å². The predicted octanol–water partition coefficient (Wildman–Crippen LogP) is 5.07. The fraction of sp³-hybridized carbons (Fsp3) is 0.429. The molecule has 0 heterocycles. The quantitative estimate of drug-likeness (QED) is 0.611. The lowest BCUT2D eigenvalue weighted by molar-refractivity contribution is 0.590. The molecule has 0 saturated carbocycles. The zero-order valence-corrected chi connectivity index (χ0v) is 15.0. The van der Waals surface area contributed by atoms with Gasteiger partial charge in [-0.3, -0.25) is 0 Å². The first-order chi connectivity index (χ1) is 10.1. The Morgan fingerprint density at radius 2 is 1.55 bits per heavy atom. The molecular formula is C21H29N. The maximum atomic E-state index is 6.16. The lowest BCUT2D eigenvalue weighted by atomic mass is 9.86. The van der Waals surface area contributed by atoms with Crippen LogP contribution in [0.5, 0.6) is 0 Å². The van der Waals surface area contributed by atoms with Gasteiger partial charge in [0.05, 0.1) is 0 Å². The van der Waals surface area contributed by atoms with Crippen LogP contribution in [0, 0.1) is 11.8 Å². The topological polar surface area (TPSA) is 26.0 Å². The second-order valence-electron chi connectivity index (χ2n) is 7.35. The molecule has 1 heteroatoms. The van der Waals surface area contributed by atoms with Crippen molar-refractivity contribution in [1.82, 2.24) is 0 Å². The van der Waals surface area contributed by atoms with Crippen molar-refractivity contribution in [2.24, 2.45) is 5.73 Å². The average Bonchev–Trinajstić information content (AvgIpc) is 2.41. The molecule has 0 bridgehead atoms. The van der Waals surface area contributed by atoms with Crippen LogP contribution < -0.4 is 5.73 Å². The normalized spacial score (nSPS) is 13.6. The molecule has 1 aromatic rings. The van der Waals surface area contributed by atoms with Gasteiger partial charge in [0.25, 0.3) is 0 Å². The maximum absolute atomic E-state index is 6.16. The maximum Gasteiger partial charge on any atom is 0.0432 e. The Hall–Kier alpha value is -1.78. The van der Waals surface area contributed by atoms with Crippen molar-refractivity contribution in [3.05, 3.63) is 53.1 Å². The van der Waals surface area contributed by atoms with E-state index in [0.29, 0.717) is 0 Å². The lowest BCUT2D eigenvalue weighted by Gasteiger charge is -2.19. The number of benzene rings is 1. The summed E-state index contributed by atoms with van der Waals surface area (Å²) < 4.78 is 0. The average molecular weight is 295 g/mol. The Balaban J connectivity index is 3.08. The number of allylic oxidation sites excluding steroid dienone is 3. The zero-order valence-electron chi connectivity index (χ0n) is 15.0. The molecule has 0 fully saturated rings. The van der Waals surface area contributed by atoms with Crippen LogP contribution in [0.2, 0.25) is 0 Å². The van der Waals surface area contributed by atoms with Crippen LogP contribution in [0.25, 0.3) is 5.57 Å². The highest BCUT2D eigenvalue weighted by Crippen LogP contribution is 2.24. The Bertz CT molecular complexity index is 618. The van der Waals surface area contributed by atoms with E-state index in [1.807, 2.05) is 26.8 Å². The predicted molar refractivity (Wildman–Crippen MR) is 98.6 cm³/mol. The Labute approximate surface area is 136 Å². The van der Waals surface area contributed by atoms with Gasteiger partial charge in [-0.2, -0.15) is 0 Å². The van der Waals surface area contributed by atoms with E-state index in [0.717, 1.165) is 5.57 Å². The van der Waals surface area contributed by atoms with E-state index in [-0.39, 0.29) is 5.41 Å². The molecule has 0 atom stereocenters. The van der Waals surface area contributed by atoms with E-state index in [1.165, 1.54) is 16.7 Å². The van der Waals surface area contributed by atoms with Gasteiger partial charge in [0.15, 0.2) is 0 Å². The molecule has 1 rings (SSSR count). The third-order valence-corrected chi connectivity index (χ3v) is 3.66. The summed E-state index contributed by atoms with van der Waals surface area (Å²) in [7, 11) is 0. The van der Waals surface area contributed by atoms with Crippen LogP contribution in [0.4, 0.5) is 0 Å². The van der Waals surface area contributed by atoms with E-state index in [9.17, 15) is 0 Å². The molecule has 1 aromatic carbocycles. The van der Waals surface area contributed by atoms with E-state index in [4.69, 9.17) is 5.73 Å². The number of rotatable bonds is 3. The molecule has 0 unspecified atom stereocenters. The minimum atomic E-state index is -0.421. The van der Waals surface area contributed by atoms with Crippen molar-refractivity contribution >= 4 is 5.57 Å². The van der Waals surface area contributed by atoms with Crippen molar-refractivity contribution in [3.8, 4) is 11.8 Å². The molecule has 0 saturated heterocycles. The Morgan fingerprint density at radius 3 is 1.95 bits per heavy atom. The van der Waals surface area contributed by atoms with Gasteiger partial charge in [-0.1, -0.05) is 57.0 Å². The van der Waals surface area contributed by atoms with E-state index in [2.05, 4.69) is 69.9 Å². The summed E-state index contributed by atoms with van der Waals surface area (Å²) in [6.07, 6.45) is 4.13. The summed E-state index contributed by atoms with van der Waals surface area (Å²) in [5.41, 5.74) is 10.6. The van der Waals surface area contributed by atoms with Crippen molar-refractivity contribution < 1.29 is 0 Å². The summed E-state index contributed by atoms with van der Waals surface area (Å²) in [6, 6.07) is 8.77. The SMILES string of the molecule is CC#C/C(=C\C=C(/C)c1ccc(C(C)(C)C)cc1)C(C)(C)N.